The predicted molar refractivity (Wildman–Crippen MR) is 61.9 cm³/mol. The molecule has 1 aromatic heterocycles. The Morgan fingerprint density at radius 3 is 2.94 bits per heavy atom. The number of rotatable bonds is 3. The zero-order chi connectivity index (χ0) is 12.4. The van der Waals surface area contributed by atoms with E-state index in [1.807, 2.05) is 6.92 Å². The summed E-state index contributed by atoms with van der Waals surface area (Å²) in [7, 11) is 0. The molecule has 0 radical (unpaired) electrons. The van der Waals surface area contributed by atoms with Crippen LogP contribution in [-0.4, -0.2) is 10.1 Å². The first kappa shape index (κ1) is 12.0. The van der Waals surface area contributed by atoms with Crippen molar-refractivity contribution in [1.82, 2.24) is 10.1 Å². The number of hydrogen-bond donors (Lipinski definition) is 1. The molecule has 2 aromatic rings. The SMILES string of the molecule is CCC(N)c1noc(-c2ccc(F)c(Cl)c2)n1. The van der Waals surface area contributed by atoms with Gasteiger partial charge in [0.05, 0.1) is 11.1 Å². The molecule has 1 unspecified atom stereocenters. The molecule has 0 saturated carbocycles. The lowest BCUT2D eigenvalue weighted by Gasteiger charge is -1.99. The van der Waals surface area contributed by atoms with Gasteiger partial charge in [-0.25, -0.2) is 4.39 Å². The third kappa shape index (κ3) is 2.45. The maximum absolute atomic E-state index is 13.0. The molecule has 17 heavy (non-hydrogen) atoms. The van der Waals surface area contributed by atoms with Crippen molar-refractivity contribution in [2.45, 2.75) is 19.4 Å². The summed E-state index contributed by atoms with van der Waals surface area (Å²) in [6.45, 7) is 1.93. The minimum absolute atomic E-state index is 0.0158. The Morgan fingerprint density at radius 2 is 2.29 bits per heavy atom. The molecule has 1 atom stereocenters. The standard InChI is InChI=1S/C11H11ClFN3O/c1-2-9(14)10-15-11(17-16-10)6-3-4-8(13)7(12)5-6/h3-5,9H,2,14H2,1H3. The van der Waals surface area contributed by atoms with Crippen molar-refractivity contribution in [2.24, 2.45) is 5.73 Å². The highest BCUT2D eigenvalue weighted by molar-refractivity contribution is 6.31. The second kappa shape index (κ2) is 4.81. The van der Waals surface area contributed by atoms with Crippen LogP contribution < -0.4 is 5.73 Å². The van der Waals surface area contributed by atoms with Crippen LogP contribution >= 0.6 is 11.6 Å². The van der Waals surface area contributed by atoms with Crippen LogP contribution in [0.4, 0.5) is 4.39 Å². The molecule has 6 heteroatoms. The maximum atomic E-state index is 13.0. The van der Waals surface area contributed by atoms with Gasteiger partial charge in [-0.1, -0.05) is 23.7 Å². The van der Waals surface area contributed by atoms with E-state index >= 15 is 0 Å². The van der Waals surface area contributed by atoms with Crippen molar-refractivity contribution in [3.63, 3.8) is 0 Å². The van der Waals surface area contributed by atoms with E-state index in [4.69, 9.17) is 21.9 Å². The van der Waals surface area contributed by atoms with Crippen molar-refractivity contribution in [3.05, 3.63) is 34.9 Å². The zero-order valence-corrected chi connectivity index (χ0v) is 9.91. The van der Waals surface area contributed by atoms with Gasteiger partial charge in [0.25, 0.3) is 5.89 Å². The fourth-order valence-corrected chi connectivity index (χ4v) is 1.50. The summed E-state index contributed by atoms with van der Waals surface area (Å²) in [6, 6.07) is 3.95. The van der Waals surface area contributed by atoms with E-state index in [0.717, 1.165) is 0 Å². The number of nitrogens with zero attached hydrogens (tertiary/aromatic N) is 2. The third-order valence-corrected chi connectivity index (χ3v) is 2.67. The van der Waals surface area contributed by atoms with Gasteiger partial charge in [-0.3, -0.25) is 0 Å². The summed E-state index contributed by atoms with van der Waals surface area (Å²) in [4.78, 5) is 4.14. The van der Waals surface area contributed by atoms with E-state index in [0.29, 0.717) is 17.8 Å². The van der Waals surface area contributed by atoms with Gasteiger partial charge >= 0.3 is 0 Å². The molecule has 0 saturated heterocycles. The van der Waals surface area contributed by atoms with Crippen LogP contribution in [0.5, 0.6) is 0 Å². The monoisotopic (exact) mass is 255 g/mol. The quantitative estimate of drug-likeness (QED) is 0.916. The molecule has 1 heterocycles. The van der Waals surface area contributed by atoms with E-state index < -0.39 is 5.82 Å². The molecule has 2 rings (SSSR count). The summed E-state index contributed by atoms with van der Waals surface area (Å²) in [5.41, 5.74) is 6.34. The lowest BCUT2D eigenvalue weighted by Crippen LogP contribution is -2.10. The van der Waals surface area contributed by atoms with E-state index in [-0.39, 0.29) is 17.0 Å². The fourth-order valence-electron chi connectivity index (χ4n) is 1.31. The van der Waals surface area contributed by atoms with Gasteiger partial charge in [0.1, 0.15) is 5.82 Å². The number of halogens is 2. The van der Waals surface area contributed by atoms with E-state index in [9.17, 15) is 4.39 Å². The van der Waals surface area contributed by atoms with Gasteiger partial charge in [0.2, 0.25) is 0 Å². The molecule has 4 nitrogen and oxygen atoms in total. The van der Waals surface area contributed by atoms with Crippen molar-refractivity contribution in [1.29, 1.82) is 0 Å². The smallest absolute Gasteiger partial charge is 0.258 e. The van der Waals surface area contributed by atoms with Crippen LogP contribution in [0, 0.1) is 5.82 Å². The van der Waals surface area contributed by atoms with E-state index in [2.05, 4.69) is 10.1 Å². The lowest BCUT2D eigenvalue weighted by molar-refractivity contribution is 0.415. The lowest BCUT2D eigenvalue weighted by atomic mass is 10.2. The highest BCUT2D eigenvalue weighted by atomic mass is 35.5. The molecule has 90 valence electrons. The highest BCUT2D eigenvalue weighted by Gasteiger charge is 2.14. The van der Waals surface area contributed by atoms with Gasteiger partial charge in [0.15, 0.2) is 5.82 Å². The number of hydrogen-bond acceptors (Lipinski definition) is 4. The van der Waals surface area contributed by atoms with Gasteiger partial charge in [0, 0.05) is 5.56 Å². The molecule has 0 aliphatic heterocycles. The zero-order valence-electron chi connectivity index (χ0n) is 9.15. The molecular formula is C11H11ClFN3O. The van der Waals surface area contributed by atoms with Gasteiger partial charge < -0.3 is 10.3 Å². The molecular weight excluding hydrogens is 245 g/mol. The minimum atomic E-state index is -0.486. The van der Waals surface area contributed by atoms with Crippen LogP contribution in [0.3, 0.4) is 0 Å². The first-order valence-electron chi connectivity index (χ1n) is 5.16. The Labute approximate surface area is 103 Å². The number of benzene rings is 1. The van der Waals surface area contributed by atoms with Gasteiger partial charge in [-0.2, -0.15) is 4.98 Å². The van der Waals surface area contributed by atoms with Crippen molar-refractivity contribution in [2.75, 3.05) is 0 Å². The topological polar surface area (TPSA) is 64.9 Å². The normalized spacial score (nSPS) is 12.7. The molecule has 0 aliphatic carbocycles. The second-order valence-corrected chi connectivity index (χ2v) is 4.01. The first-order valence-corrected chi connectivity index (χ1v) is 5.54. The van der Waals surface area contributed by atoms with Crippen molar-refractivity contribution >= 4 is 11.6 Å². The Kier molecular flexibility index (Phi) is 3.40. The third-order valence-electron chi connectivity index (χ3n) is 2.38. The van der Waals surface area contributed by atoms with Crippen molar-refractivity contribution in [3.8, 4) is 11.5 Å². The predicted octanol–water partition coefficient (Wildman–Crippen LogP) is 2.94. The highest BCUT2D eigenvalue weighted by Crippen LogP contribution is 2.24. The van der Waals surface area contributed by atoms with Crippen LogP contribution in [-0.2, 0) is 0 Å². The average molecular weight is 256 g/mol. The Morgan fingerprint density at radius 1 is 1.53 bits per heavy atom. The molecule has 0 bridgehead atoms. The molecule has 0 amide bonds. The second-order valence-electron chi connectivity index (χ2n) is 3.60. The summed E-state index contributed by atoms with van der Waals surface area (Å²) >= 11 is 5.67. The number of aromatic nitrogens is 2. The Bertz CT molecular complexity index is 529. The summed E-state index contributed by atoms with van der Waals surface area (Å²) < 4.78 is 18.0. The molecule has 0 aliphatic rings. The molecule has 0 spiro atoms. The fraction of sp³-hybridized carbons (Fsp3) is 0.273. The van der Waals surface area contributed by atoms with Crippen molar-refractivity contribution < 1.29 is 8.91 Å². The largest absolute Gasteiger partial charge is 0.334 e. The summed E-state index contributed by atoms with van der Waals surface area (Å²) in [6.07, 6.45) is 0.711. The van der Waals surface area contributed by atoms with E-state index in [1.165, 1.54) is 18.2 Å². The summed E-state index contributed by atoms with van der Waals surface area (Å²) in [5.74, 6) is 0.231. The minimum Gasteiger partial charge on any atom is -0.334 e. The van der Waals surface area contributed by atoms with Gasteiger partial charge in [-0.05, 0) is 24.6 Å². The maximum Gasteiger partial charge on any atom is 0.258 e. The average Bonchev–Trinajstić information content (AvgIpc) is 2.81. The first-order chi connectivity index (χ1) is 8.11. The van der Waals surface area contributed by atoms with Crippen LogP contribution in [0.1, 0.15) is 25.2 Å². The molecule has 2 N–H and O–H groups in total. The van der Waals surface area contributed by atoms with Gasteiger partial charge in [-0.15, -0.1) is 0 Å². The van der Waals surface area contributed by atoms with Crippen LogP contribution in [0.2, 0.25) is 5.02 Å². The summed E-state index contributed by atoms with van der Waals surface area (Å²) in [5, 5.41) is 3.78. The van der Waals surface area contributed by atoms with E-state index in [1.54, 1.807) is 0 Å². The number of nitrogens with two attached hydrogens (primary N) is 1. The van der Waals surface area contributed by atoms with Crippen LogP contribution in [0.25, 0.3) is 11.5 Å². The molecule has 0 fully saturated rings. The van der Waals surface area contributed by atoms with Crippen LogP contribution in [0.15, 0.2) is 22.7 Å². The molecule has 1 aromatic carbocycles. The Hall–Kier alpha value is -1.46. The Balaban J connectivity index is 2.33.